The summed E-state index contributed by atoms with van der Waals surface area (Å²) in [6, 6.07) is 17.2. The van der Waals surface area contributed by atoms with Crippen LogP contribution in [0.5, 0.6) is 0 Å². The fraction of sp³-hybridized carbons (Fsp3) is 0.200. The van der Waals surface area contributed by atoms with Crippen LogP contribution in [0.15, 0.2) is 73.1 Å². The zero-order chi connectivity index (χ0) is 21.8. The Kier molecular flexibility index (Phi) is 5.89. The lowest BCUT2D eigenvalue weighted by atomic mass is 9.91. The lowest BCUT2D eigenvalue weighted by Gasteiger charge is -2.22. The van der Waals surface area contributed by atoms with Gasteiger partial charge in [0.1, 0.15) is 0 Å². The van der Waals surface area contributed by atoms with Gasteiger partial charge in [-0.05, 0) is 36.6 Å². The number of hydrogen-bond donors (Lipinski definition) is 2. The van der Waals surface area contributed by atoms with Crippen LogP contribution in [-0.2, 0) is 0 Å². The number of hydrogen-bond acceptors (Lipinski definition) is 4. The van der Waals surface area contributed by atoms with Crippen LogP contribution in [0.3, 0.4) is 0 Å². The maximum Gasteiger partial charge on any atom is 0.251 e. The summed E-state index contributed by atoms with van der Waals surface area (Å²) < 4.78 is 0. The number of carbonyl (C=O) groups is 3. The molecule has 1 aliphatic carbocycles. The van der Waals surface area contributed by atoms with Crippen LogP contribution in [0.1, 0.15) is 67.4 Å². The molecule has 1 fully saturated rings. The van der Waals surface area contributed by atoms with E-state index in [4.69, 9.17) is 5.73 Å². The molecule has 6 nitrogen and oxygen atoms in total. The third kappa shape index (κ3) is 4.38. The van der Waals surface area contributed by atoms with E-state index >= 15 is 0 Å². The molecule has 0 unspecified atom stereocenters. The first kappa shape index (κ1) is 20.5. The highest BCUT2D eigenvalue weighted by Crippen LogP contribution is 2.36. The van der Waals surface area contributed by atoms with E-state index in [1.165, 1.54) is 0 Å². The SMILES string of the molecule is NC(=O)c1ccncc1[C@H]1CCC[C@H]1NC(=O)c1ccc(C(=O)c2ccccc2)cc1. The van der Waals surface area contributed by atoms with Crippen molar-refractivity contribution in [3.8, 4) is 0 Å². The third-order valence-corrected chi connectivity index (χ3v) is 5.79. The van der Waals surface area contributed by atoms with Gasteiger partial charge in [-0.15, -0.1) is 0 Å². The number of amides is 2. The molecular formula is C25H23N3O3. The first-order valence-corrected chi connectivity index (χ1v) is 10.3. The van der Waals surface area contributed by atoms with Crippen LogP contribution in [0.25, 0.3) is 0 Å². The van der Waals surface area contributed by atoms with E-state index in [1.807, 2.05) is 18.2 Å². The van der Waals surface area contributed by atoms with Crippen LogP contribution in [0.4, 0.5) is 0 Å². The van der Waals surface area contributed by atoms with Crippen molar-refractivity contribution in [1.29, 1.82) is 0 Å². The zero-order valence-electron chi connectivity index (χ0n) is 17.0. The smallest absolute Gasteiger partial charge is 0.251 e. The average molecular weight is 413 g/mol. The Morgan fingerprint density at radius 1 is 0.871 bits per heavy atom. The number of carbonyl (C=O) groups excluding carboxylic acids is 3. The first-order chi connectivity index (χ1) is 15.0. The minimum Gasteiger partial charge on any atom is -0.366 e. The Hall–Kier alpha value is -3.80. The molecule has 0 radical (unpaired) electrons. The number of nitrogens with one attached hydrogen (secondary N) is 1. The van der Waals surface area contributed by atoms with Gasteiger partial charge < -0.3 is 11.1 Å². The molecule has 6 heteroatoms. The number of nitrogens with two attached hydrogens (primary N) is 1. The molecule has 1 aromatic heterocycles. The largest absolute Gasteiger partial charge is 0.366 e. The highest BCUT2D eigenvalue weighted by Gasteiger charge is 2.32. The van der Waals surface area contributed by atoms with E-state index < -0.39 is 5.91 Å². The Labute approximate surface area is 180 Å². The van der Waals surface area contributed by atoms with Crippen LogP contribution >= 0.6 is 0 Å². The summed E-state index contributed by atoms with van der Waals surface area (Å²) in [5.41, 5.74) is 8.37. The van der Waals surface area contributed by atoms with Gasteiger partial charge in [0, 0.05) is 46.6 Å². The van der Waals surface area contributed by atoms with E-state index in [2.05, 4.69) is 10.3 Å². The lowest BCUT2D eigenvalue weighted by molar-refractivity contribution is 0.0933. The monoisotopic (exact) mass is 413 g/mol. The van der Waals surface area contributed by atoms with Gasteiger partial charge in [-0.25, -0.2) is 0 Å². The van der Waals surface area contributed by atoms with Gasteiger partial charge in [-0.2, -0.15) is 0 Å². The van der Waals surface area contributed by atoms with Gasteiger partial charge in [0.2, 0.25) is 5.91 Å². The van der Waals surface area contributed by atoms with Gasteiger partial charge in [-0.3, -0.25) is 19.4 Å². The first-order valence-electron chi connectivity index (χ1n) is 10.3. The summed E-state index contributed by atoms with van der Waals surface area (Å²) in [4.78, 5) is 41.3. The Bertz CT molecular complexity index is 1110. The zero-order valence-corrected chi connectivity index (χ0v) is 17.0. The molecule has 0 saturated heterocycles. The summed E-state index contributed by atoms with van der Waals surface area (Å²) >= 11 is 0. The molecule has 1 heterocycles. The minimum atomic E-state index is -0.493. The third-order valence-electron chi connectivity index (χ3n) is 5.79. The van der Waals surface area contributed by atoms with Crippen molar-refractivity contribution in [3.05, 3.63) is 101 Å². The standard InChI is InChI=1S/C25H23N3O3/c26-24(30)20-13-14-27-15-21(20)19-7-4-8-22(19)28-25(31)18-11-9-17(10-12-18)23(29)16-5-2-1-3-6-16/h1-3,5-6,9-15,19,22H,4,7-8H2,(H2,26,30)(H,28,31)/t19-,22-/m1/s1. The van der Waals surface area contributed by atoms with Gasteiger partial charge in [0.25, 0.3) is 5.91 Å². The van der Waals surface area contributed by atoms with Crippen molar-refractivity contribution in [1.82, 2.24) is 10.3 Å². The minimum absolute atomic E-state index is 0.0147. The van der Waals surface area contributed by atoms with E-state index in [-0.39, 0.29) is 23.7 Å². The van der Waals surface area contributed by atoms with Crippen molar-refractivity contribution >= 4 is 17.6 Å². The summed E-state index contributed by atoms with van der Waals surface area (Å²) in [5, 5.41) is 3.09. The molecular weight excluding hydrogens is 390 g/mol. The van der Waals surface area contributed by atoms with Crippen molar-refractivity contribution < 1.29 is 14.4 Å². The number of aromatic nitrogens is 1. The average Bonchev–Trinajstić information content (AvgIpc) is 3.27. The van der Waals surface area contributed by atoms with E-state index in [0.717, 1.165) is 24.8 Å². The van der Waals surface area contributed by atoms with Gasteiger partial charge in [-0.1, -0.05) is 48.9 Å². The summed E-state index contributed by atoms with van der Waals surface area (Å²) in [6.07, 6.45) is 5.81. The van der Waals surface area contributed by atoms with E-state index in [0.29, 0.717) is 22.3 Å². The quantitative estimate of drug-likeness (QED) is 0.604. The molecule has 0 aliphatic heterocycles. The van der Waals surface area contributed by atoms with Crippen LogP contribution < -0.4 is 11.1 Å². The maximum atomic E-state index is 12.8. The Morgan fingerprint density at radius 3 is 2.26 bits per heavy atom. The molecule has 2 aromatic carbocycles. The predicted molar refractivity (Wildman–Crippen MR) is 117 cm³/mol. The molecule has 2 atom stereocenters. The highest BCUT2D eigenvalue weighted by molar-refractivity contribution is 6.09. The van der Waals surface area contributed by atoms with Crippen molar-refractivity contribution in [2.45, 2.75) is 31.2 Å². The molecule has 1 saturated carbocycles. The molecule has 31 heavy (non-hydrogen) atoms. The van der Waals surface area contributed by atoms with Crippen LogP contribution in [0.2, 0.25) is 0 Å². The van der Waals surface area contributed by atoms with Crippen molar-refractivity contribution in [3.63, 3.8) is 0 Å². The molecule has 1 aliphatic rings. The number of primary amides is 1. The van der Waals surface area contributed by atoms with E-state index in [1.54, 1.807) is 54.9 Å². The molecule has 3 N–H and O–H groups in total. The molecule has 3 aromatic rings. The van der Waals surface area contributed by atoms with E-state index in [9.17, 15) is 14.4 Å². The van der Waals surface area contributed by atoms with Gasteiger partial charge in [0.15, 0.2) is 5.78 Å². The number of benzene rings is 2. The second-order valence-electron chi connectivity index (χ2n) is 7.72. The van der Waals surface area contributed by atoms with Crippen LogP contribution in [0, 0.1) is 0 Å². The number of rotatable bonds is 6. The number of ketones is 1. The molecule has 156 valence electrons. The molecule has 4 rings (SSSR count). The summed E-state index contributed by atoms with van der Waals surface area (Å²) in [5.74, 6) is -0.800. The topological polar surface area (TPSA) is 102 Å². The van der Waals surface area contributed by atoms with Gasteiger partial charge >= 0.3 is 0 Å². The highest BCUT2D eigenvalue weighted by atomic mass is 16.2. The Morgan fingerprint density at radius 2 is 1.55 bits per heavy atom. The number of pyridine rings is 1. The molecule has 0 bridgehead atoms. The second kappa shape index (κ2) is 8.92. The summed E-state index contributed by atoms with van der Waals surface area (Å²) in [7, 11) is 0. The normalized spacial score (nSPS) is 17.8. The fourth-order valence-electron chi connectivity index (χ4n) is 4.21. The lowest BCUT2D eigenvalue weighted by Crippen LogP contribution is -2.37. The Balaban J connectivity index is 1.48. The predicted octanol–water partition coefficient (Wildman–Crippen LogP) is 3.48. The van der Waals surface area contributed by atoms with Crippen molar-refractivity contribution in [2.75, 3.05) is 0 Å². The second-order valence-corrected chi connectivity index (χ2v) is 7.72. The van der Waals surface area contributed by atoms with Gasteiger partial charge in [0.05, 0.1) is 0 Å². The molecule has 0 spiro atoms. The van der Waals surface area contributed by atoms with Crippen molar-refractivity contribution in [2.24, 2.45) is 5.73 Å². The summed E-state index contributed by atoms with van der Waals surface area (Å²) in [6.45, 7) is 0. The number of nitrogens with zero attached hydrogens (tertiary/aromatic N) is 1. The van der Waals surface area contributed by atoms with Crippen LogP contribution in [-0.4, -0.2) is 28.6 Å². The fourth-order valence-corrected chi connectivity index (χ4v) is 4.21. The molecule has 2 amide bonds. The maximum absolute atomic E-state index is 12.8.